The van der Waals surface area contributed by atoms with Gasteiger partial charge in [0.2, 0.25) is 6.10 Å². The van der Waals surface area contributed by atoms with Crippen LogP contribution in [0.15, 0.2) is 0 Å². The lowest BCUT2D eigenvalue weighted by Crippen LogP contribution is -2.56. The summed E-state index contributed by atoms with van der Waals surface area (Å²) >= 11 is 0. The molecule has 0 rings (SSSR count). The van der Waals surface area contributed by atoms with Gasteiger partial charge in [0, 0.05) is 0 Å². The zero-order valence-electron chi connectivity index (χ0n) is 7.75. The van der Waals surface area contributed by atoms with Gasteiger partial charge >= 0.3 is 24.4 Å². The van der Waals surface area contributed by atoms with Gasteiger partial charge in [0.25, 0.3) is 0 Å². The van der Waals surface area contributed by atoms with Gasteiger partial charge in [-0.3, -0.25) is 4.74 Å². The first-order valence-electron chi connectivity index (χ1n) is 3.69. The number of aldehydes is 1. The second kappa shape index (κ2) is 4.55. The van der Waals surface area contributed by atoms with Crippen molar-refractivity contribution in [3.63, 3.8) is 0 Å². The maximum absolute atomic E-state index is 12.3. The van der Waals surface area contributed by atoms with Crippen LogP contribution in [-0.2, 0) is 9.53 Å². The number of hydrogen-bond donors (Lipinski definition) is 0. The lowest BCUT2D eigenvalue weighted by atomic mass is 10.3. The number of hydrogen-bond acceptors (Lipinski definition) is 2. The molecule has 0 aromatic heterocycles. The molecule has 0 saturated heterocycles. The second-order valence-electron chi connectivity index (χ2n) is 2.81. The van der Waals surface area contributed by atoms with E-state index in [1.165, 1.54) is 0 Å². The van der Waals surface area contributed by atoms with E-state index in [1.54, 1.807) is 0 Å². The Kier molecular flexibility index (Phi) is 4.28. The molecule has 0 heterocycles. The highest BCUT2D eigenvalue weighted by Gasteiger charge is 2.75. The summed E-state index contributed by atoms with van der Waals surface area (Å²) in [6.45, 7) is 0. The normalized spacial score (nSPS) is 16.6. The highest BCUT2D eigenvalue weighted by atomic mass is 19.4. The second-order valence-corrected chi connectivity index (χ2v) is 2.81. The van der Waals surface area contributed by atoms with E-state index in [-0.39, 0.29) is 0 Å². The molecule has 0 spiro atoms. The zero-order valence-corrected chi connectivity index (χ0v) is 7.75. The highest BCUT2D eigenvalue weighted by Crippen LogP contribution is 2.48. The average Bonchev–Trinajstić information content (AvgIpc) is 2.10. The van der Waals surface area contributed by atoms with Gasteiger partial charge in [0.15, 0.2) is 6.29 Å². The maximum Gasteiger partial charge on any atom is 0.462 e. The Morgan fingerprint density at radius 3 is 1.44 bits per heavy atom. The molecule has 0 radical (unpaired) electrons. The fourth-order valence-electron chi connectivity index (χ4n) is 0.570. The monoisotopic (exact) mass is 296 g/mol. The van der Waals surface area contributed by atoms with Gasteiger partial charge in [-0.15, -0.1) is 0 Å². The number of rotatable bonds is 4. The molecule has 0 aliphatic carbocycles. The summed E-state index contributed by atoms with van der Waals surface area (Å²) in [7, 11) is 0. The van der Waals surface area contributed by atoms with Gasteiger partial charge in [0.05, 0.1) is 0 Å². The van der Waals surface area contributed by atoms with Crippen LogP contribution in [-0.4, -0.2) is 36.8 Å². The van der Waals surface area contributed by atoms with Gasteiger partial charge < -0.3 is 4.79 Å². The topological polar surface area (TPSA) is 26.3 Å². The molecule has 18 heavy (non-hydrogen) atoms. The van der Waals surface area contributed by atoms with Crippen molar-refractivity contribution in [3.8, 4) is 0 Å². The van der Waals surface area contributed by atoms with Crippen LogP contribution >= 0.6 is 0 Å². The smallest absolute Gasteiger partial charge is 0.300 e. The van der Waals surface area contributed by atoms with Crippen LogP contribution < -0.4 is 0 Å². The first-order chi connectivity index (χ1) is 7.67. The number of alkyl halides is 10. The van der Waals surface area contributed by atoms with Crippen molar-refractivity contribution in [1.29, 1.82) is 0 Å². The lowest BCUT2D eigenvalue weighted by Gasteiger charge is -2.29. The Hall–Kier alpha value is -1.07. The summed E-state index contributed by atoms with van der Waals surface area (Å²) in [5, 5.41) is 0. The minimum absolute atomic E-state index is 1.37. The van der Waals surface area contributed by atoms with E-state index in [4.69, 9.17) is 0 Å². The molecule has 0 aliphatic rings. The quantitative estimate of drug-likeness (QED) is 0.589. The van der Waals surface area contributed by atoms with Crippen molar-refractivity contribution in [3.05, 3.63) is 0 Å². The van der Waals surface area contributed by atoms with Crippen LogP contribution in [0.5, 0.6) is 0 Å². The molecule has 108 valence electrons. The van der Waals surface area contributed by atoms with Crippen LogP contribution in [0, 0.1) is 0 Å². The van der Waals surface area contributed by atoms with Gasteiger partial charge in [-0.05, 0) is 0 Å². The molecule has 0 bridgehead atoms. The van der Waals surface area contributed by atoms with Crippen molar-refractivity contribution in [1.82, 2.24) is 0 Å². The van der Waals surface area contributed by atoms with Crippen molar-refractivity contribution < 1.29 is 53.4 Å². The molecule has 12 heteroatoms. The van der Waals surface area contributed by atoms with Gasteiger partial charge in [0.1, 0.15) is 0 Å². The molecule has 0 saturated carbocycles. The van der Waals surface area contributed by atoms with E-state index < -0.39 is 36.8 Å². The molecular weight excluding hydrogens is 294 g/mol. The van der Waals surface area contributed by atoms with Gasteiger partial charge in [-0.25, -0.2) is 0 Å². The van der Waals surface area contributed by atoms with E-state index in [0.29, 0.717) is 0 Å². The van der Waals surface area contributed by atoms with Crippen molar-refractivity contribution in [2.75, 3.05) is 0 Å². The molecule has 0 N–H and O–H groups in total. The Balaban J connectivity index is 5.24. The standard InChI is InChI=1S/C6H2F10O2/c7-3(8,9)2(1-17)18-6(15,16)4(10,11)5(12,13)14/h1-2H. The van der Waals surface area contributed by atoms with Gasteiger partial charge in [-0.1, -0.05) is 0 Å². The Bertz CT molecular complexity index is 302. The summed E-state index contributed by atoms with van der Waals surface area (Å²) in [5.41, 5.74) is 0. The predicted molar refractivity (Wildman–Crippen MR) is 32.9 cm³/mol. The van der Waals surface area contributed by atoms with Crippen LogP contribution in [0.2, 0.25) is 0 Å². The summed E-state index contributed by atoms with van der Waals surface area (Å²) in [6, 6.07) is 0. The number of ether oxygens (including phenoxy) is 1. The number of carbonyl (C=O) groups is 1. The van der Waals surface area contributed by atoms with E-state index in [1.807, 2.05) is 0 Å². The first kappa shape index (κ1) is 16.9. The fourth-order valence-corrected chi connectivity index (χ4v) is 0.570. The Morgan fingerprint density at radius 1 is 0.833 bits per heavy atom. The average molecular weight is 296 g/mol. The van der Waals surface area contributed by atoms with Crippen molar-refractivity contribution >= 4 is 6.29 Å². The fraction of sp³-hybridized carbons (Fsp3) is 0.833. The molecule has 2 nitrogen and oxygen atoms in total. The minimum atomic E-state index is -6.88. The largest absolute Gasteiger partial charge is 0.462 e. The minimum Gasteiger partial charge on any atom is -0.300 e. The molecular formula is C6H2F10O2. The third kappa shape index (κ3) is 3.23. The summed E-state index contributed by atoms with van der Waals surface area (Å²) in [6.07, 6.45) is -24.7. The Labute approximate surface area is 91.5 Å². The molecule has 1 atom stereocenters. The third-order valence-corrected chi connectivity index (χ3v) is 1.44. The molecule has 1 unspecified atom stereocenters. The van der Waals surface area contributed by atoms with Crippen molar-refractivity contribution in [2.45, 2.75) is 30.5 Å². The van der Waals surface area contributed by atoms with E-state index in [2.05, 4.69) is 4.74 Å². The molecule has 0 amide bonds. The molecule has 0 aliphatic heterocycles. The SMILES string of the molecule is O=CC(OC(F)(F)C(F)(F)C(F)(F)F)C(F)(F)F. The van der Waals surface area contributed by atoms with Gasteiger partial charge in [-0.2, -0.15) is 43.9 Å². The van der Waals surface area contributed by atoms with E-state index in [9.17, 15) is 48.7 Å². The van der Waals surface area contributed by atoms with Crippen molar-refractivity contribution in [2.24, 2.45) is 0 Å². The predicted octanol–water partition coefficient (Wildman–Crippen LogP) is 2.92. The highest BCUT2D eigenvalue weighted by molar-refractivity contribution is 5.57. The Morgan fingerprint density at radius 2 is 1.22 bits per heavy atom. The zero-order chi connectivity index (χ0) is 15.0. The van der Waals surface area contributed by atoms with Crippen LogP contribution in [0.3, 0.4) is 0 Å². The number of halogens is 10. The molecule has 0 fully saturated rings. The maximum atomic E-state index is 12.3. The first-order valence-corrected chi connectivity index (χ1v) is 3.69. The summed E-state index contributed by atoms with van der Waals surface area (Å²) in [5.74, 6) is -6.88. The van der Waals surface area contributed by atoms with E-state index >= 15 is 0 Å². The van der Waals surface area contributed by atoms with Crippen LogP contribution in [0.25, 0.3) is 0 Å². The van der Waals surface area contributed by atoms with E-state index in [0.717, 1.165) is 0 Å². The lowest BCUT2D eigenvalue weighted by molar-refractivity contribution is -0.439. The molecule has 0 aromatic carbocycles. The van der Waals surface area contributed by atoms with Crippen LogP contribution in [0.4, 0.5) is 43.9 Å². The third-order valence-electron chi connectivity index (χ3n) is 1.44. The summed E-state index contributed by atoms with van der Waals surface area (Å²) < 4.78 is 121. The summed E-state index contributed by atoms with van der Waals surface area (Å²) in [4.78, 5) is 9.70. The number of carbonyl (C=O) groups excluding carboxylic acids is 1. The van der Waals surface area contributed by atoms with Crippen LogP contribution in [0.1, 0.15) is 0 Å². The molecule has 0 aromatic rings.